The van der Waals surface area contributed by atoms with Crippen LogP contribution in [-0.4, -0.2) is 12.2 Å². The van der Waals surface area contributed by atoms with E-state index in [1.165, 1.54) is 63.4 Å². The van der Waals surface area contributed by atoms with Gasteiger partial charge < -0.3 is 10.5 Å². The van der Waals surface area contributed by atoms with Gasteiger partial charge in [-0.3, -0.25) is 0 Å². The molecule has 1 aliphatic heterocycles. The van der Waals surface area contributed by atoms with Crippen molar-refractivity contribution < 1.29 is 4.74 Å². The molecule has 0 spiro atoms. The summed E-state index contributed by atoms with van der Waals surface area (Å²) in [5, 5.41) is 0. The Morgan fingerprint density at radius 3 is 2.66 bits per heavy atom. The summed E-state index contributed by atoms with van der Waals surface area (Å²) in [6.45, 7) is 10.0. The lowest BCUT2D eigenvalue weighted by atomic mass is 9.44. The van der Waals surface area contributed by atoms with Crippen molar-refractivity contribution in [1.82, 2.24) is 0 Å². The van der Waals surface area contributed by atoms with Crippen LogP contribution >= 0.6 is 0 Å². The van der Waals surface area contributed by atoms with Crippen molar-refractivity contribution in [2.45, 2.75) is 111 Å². The van der Waals surface area contributed by atoms with E-state index in [0.29, 0.717) is 29.0 Å². The molecular formula is C27H45NO. The van der Waals surface area contributed by atoms with Crippen LogP contribution in [0.4, 0.5) is 0 Å². The highest BCUT2D eigenvalue weighted by Crippen LogP contribution is 2.70. The van der Waals surface area contributed by atoms with Crippen LogP contribution in [0.5, 0.6) is 0 Å². The first-order chi connectivity index (χ1) is 13.9. The number of nitrogens with two attached hydrogens (primary N) is 1. The molecule has 1 saturated heterocycles. The zero-order chi connectivity index (χ0) is 20.4. The summed E-state index contributed by atoms with van der Waals surface area (Å²) in [7, 11) is 0. The van der Waals surface area contributed by atoms with E-state index in [0.717, 1.165) is 42.4 Å². The standard InChI is InChI=1S/C27H45NO/c1-17(16-28)8-11-23-18(2)25-24(29-23)15-22-20-10-9-19-7-5-6-13-26(19,3)21(20)12-14-27(22,25)4/h16,18-25H,5-15,28H2,1-4H3/t18-,19?,20-,21+,22+,23?,24+,25+,26+,27+/m1/s1. The molecule has 0 radical (unpaired) electrons. The van der Waals surface area contributed by atoms with Crippen molar-refractivity contribution in [2.75, 3.05) is 0 Å². The van der Waals surface area contributed by atoms with Gasteiger partial charge in [-0.1, -0.05) is 39.2 Å². The predicted molar refractivity (Wildman–Crippen MR) is 120 cm³/mol. The molecule has 4 aliphatic carbocycles. The Labute approximate surface area is 179 Å². The van der Waals surface area contributed by atoms with E-state index in [9.17, 15) is 0 Å². The molecule has 0 bridgehead atoms. The van der Waals surface area contributed by atoms with Crippen LogP contribution in [0.3, 0.4) is 0 Å². The Kier molecular flexibility index (Phi) is 5.12. The van der Waals surface area contributed by atoms with Crippen molar-refractivity contribution in [3.8, 4) is 0 Å². The molecule has 2 unspecified atom stereocenters. The van der Waals surface area contributed by atoms with Gasteiger partial charge >= 0.3 is 0 Å². The van der Waals surface area contributed by atoms with E-state index in [1.807, 2.05) is 0 Å². The maximum absolute atomic E-state index is 6.79. The molecule has 29 heavy (non-hydrogen) atoms. The molecule has 0 aromatic rings. The number of fused-ring (bicyclic) bond motifs is 7. The molecule has 2 heteroatoms. The van der Waals surface area contributed by atoms with E-state index < -0.39 is 0 Å². The maximum Gasteiger partial charge on any atom is 0.0618 e. The first-order valence-electron chi connectivity index (χ1n) is 12.9. The number of hydrogen-bond donors (Lipinski definition) is 1. The fourth-order valence-electron chi connectivity index (χ4n) is 9.77. The van der Waals surface area contributed by atoms with Gasteiger partial charge in [0.25, 0.3) is 0 Å². The van der Waals surface area contributed by atoms with Crippen LogP contribution in [0.2, 0.25) is 0 Å². The average molecular weight is 400 g/mol. The third-order valence-electron chi connectivity index (χ3n) is 11.3. The van der Waals surface area contributed by atoms with Gasteiger partial charge in [0.05, 0.1) is 12.2 Å². The molecule has 2 nitrogen and oxygen atoms in total. The summed E-state index contributed by atoms with van der Waals surface area (Å²) >= 11 is 0. The van der Waals surface area contributed by atoms with Crippen LogP contribution in [0.25, 0.3) is 0 Å². The average Bonchev–Trinajstić information content (AvgIpc) is 3.19. The molecule has 5 fully saturated rings. The summed E-state index contributed by atoms with van der Waals surface area (Å²) in [6, 6.07) is 0. The molecule has 164 valence electrons. The van der Waals surface area contributed by atoms with Crippen molar-refractivity contribution in [3.05, 3.63) is 11.8 Å². The SMILES string of the molecule is CC(=CN)CCC1O[C@H]2C[C@H]3[C@@H]4CCC5CCCC[C@]5(C)[C@H]4CC[C@]3(C)[C@H]2[C@@H]1C. The second-order valence-corrected chi connectivity index (χ2v) is 12.3. The molecule has 5 aliphatic rings. The molecule has 0 aromatic carbocycles. The van der Waals surface area contributed by atoms with E-state index >= 15 is 0 Å². The van der Waals surface area contributed by atoms with Crippen LogP contribution in [0.1, 0.15) is 98.3 Å². The molecule has 2 N–H and O–H groups in total. The van der Waals surface area contributed by atoms with E-state index in [4.69, 9.17) is 10.5 Å². The maximum atomic E-state index is 6.79. The van der Waals surface area contributed by atoms with Gasteiger partial charge in [-0.15, -0.1) is 0 Å². The lowest BCUT2D eigenvalue weighted by Gasteiger charge is -2.60. The van der Waals surface area contributed by atoms with E-state index in [1.54, 1.807) is 6.20 Å². The zero-order valence-corrected chi connectivity index (χ0v) is 19.5. The predicted octanol–water partition coefficient (Wildman–Crippen LogP) is 6.69. The third kappa shape index (κ3) is 2.98. The van der Waals surface area contributed by atoms with Crippen molar-refractivity contribution >= 4 is 0 Å². The Balaban J connectivity index is 1.34. The van der Waals surface area contributed by atoms with Gasteiger partial charge in [-0.05, 0) is 117 Å². The fourth-order valence-corrected chi connectivity index (χ4v) is 9.77. The highest BCUT2D eigenvalue weighted by Gasteiger charge is 2.65. The molecule has 0 aromatic heterocycles. The molecule has 10 atom stereocenters. The third-order valence-corrected chi connectivity index (χ3v) is 11.3. The molecule has 1 heterocycles. The Morgan fingerprint density at radius 2 is 1.86 bits per heavy atom. The monoisotopic (exact) mass is 399 g/mol. The molecule has 5 rings (SSSR count). The number of hydrogen-bond acceptors (Lipinski definition) is 2. The largest absolute Gasteiger partial charge is 0.405 e. The Hall–Kier alpha value is -0.500. The number of ether oxygens (including phenoxy) is 1. The Morgan fingerprint density at radius 1 is 1.03 bits per heavy atom. The van der Waals surface area contributed by atoms with Crippen molar-refractivity contribution in [2.24, 2.45) is 52.1 Å². The number of allylic oxidation sites excluding steroid dienone is 1. The fraction of sp³-hybridized carbons (Fsp3) is 0.926. The van der Waals surface area contributed by atoms with Gasteiger partial charge in [-0.25, -0.2) is 0 Å². The minimum Gasteiger partial charge on any atom is -0.405 e. The molecule has 4 saturated carbocycles. The zero-order valence-electron chi connectivity index (χ0n) is 19.5. The minimum absolute atomic E-state index is 0.446. The highest BCUT2D eigenvalue weighted by atomic mass is 16.5. The summed E-state index contributed by atoms with van der Waals surface area (Å²) in [5.41, 5.74) is 8.19. The first-order valence-corrected chi connectivity index (χ1v) is 12.9. The molecule has 0 amide bonds. The van der Waals surface area contributed by atoms with Gasteiger partial charge in [0, 0.05) is 0 Å². The summed E-state index contributed by atoms with van der Waals surface area (Å²) < 4.78 is 6.79. The van der Waals surface area contributed by atoms with E-state index in [-0.39, 0.29) is 0 Å². The summed E-state index contributed by atoms with van der Waals surface area (Å²) in [5.74, 6) is 5.43. The molecular weight excluding hydrogens is 354 g/mol. The van der Waals surface area contributed by atoms with E-state index in [2.05, 4.69) is 27.7 Å². The first kappa shape index (κ1) is 20.4. The van der Waals surface area contributed by atoms with Gasteiger partial charge in [0.2, 0.25) is 0 Å². The van der Waals surface area contributed by atoms with Gasteiger partial charge in [0.15, 0.2) is 0 Å². The topological polar surface area (TPSA) is 35.2 Å². The second kappa shape index (κ2) is 7.28. The lowest BCUT2D eigenvalue weighted by Crippen LogP contribution is -2.53. The number of rotatable bonds is 3. The van der Waals surface area contributed by atoms with Gasteiger partial charge in [0.1, 0.15) is 0 Å². The van der Waals surface area contributed by atoms with Crippen LogP contribution in [-0.2, 0) is 4.74 Å². The highest BCUT2D eigenvalue weighted by molar-refractivity contribution is 5.14. The smallest absolute Gasteiger partial charge is 0.0618 e. The summed E-state index contributed by atoms with van der Waals surface area (Å²) in [4.78, 5) is 0. The van der Waals surface area contributed by atoms with Gasteiger partial charge in [-0.2, -0.15) is 0 Å². The van der Waals surface area contributed by atoms with Crippen LogP contribution in [0.15, 0.2) is 11.8 Å². The van der Waals surface area contributed by atoms with Crippen LogP contribution in [0, 0.1) is 46.3 Å². The van der Waals surface area contributed by atoms with Crippen LogP contribution < -0.4 is 5.73 Å². The normalized spacial score (nSPS) is 54.4. The second-order valence-electron chi connectivity index (χ2n) is 12.3. The van der Waals surface area contributed by atoms with Crippen molar-refractivity contribution in [3.63, 3.8) is 0 Å². The lowest BCUT2D eigenvalue weighted by molar-refractivity contribution is -0.115. The Bertz CT molecular complexity index is 657. The van der Waals surface area contributed by atoms with Crippen molar-refractivity contribution in [1.29, 1.82) is 0 Å². The minimum atomic E-state index is 0.446. The quantitative estimate of drug-likeness (QED) is 0.573. The summed E-state index contributed by atoms with van der Waals surface area (Å²) in [6.07, 6.45) is 18.4.